The highest BCUT2D eigenvalue weighted by Crippen LogP contribution is 2.51. The zero-order chi connectivity index (χ0) is 19.3. The van der Waals surface area contributed by atoms with E-state index in [4.69, 9.17) is 0 Å². The van der Waals surface area contributed by atoms with Crippen LogP contribution in [0.2, 0.25) is 0 Å². The lowest BCUT2D eigenvalue weighted by atomic mass is 9.79. The minimum absolute atomic E-state index is 0.0357. The van der Waals surface area contributed by atoms with Crippen LogP contribution in [-0.4, -0.2) is 82.0 Å². The van der Waals surface area contributed by atoms with Crippen LogP contribution in [0.4, 0.5) is 0 Å². The zero-order valence-electron chi connectivity index (χ0n) is 15.9. The van der Waals surface area contributed by atoms with E-state index in [1.54, 1.807) is 18.7 Å². The number of nitrogens with zero attached hydrogens (tertiary/aromatic N) is 2. The molecule has 3 saturated heterocycles. The molecule has 0 saturated carbocycles. The molecule has 150 valence electrons. The van der Waals surface area contributed by atoms with Crippen molar-refractivity contribution in [1.82, 2.24) is 15.1 Å². The first-order chi connectivity index (χ1) is 12.9. The SMILES string of the molecule is C[C@@H](O)[C@H]1C(=O)N2C(C(=O)O)=C(S[C@@H]3CCN(C[C@H]4CCNC4)C3)[C@H](C)[C@H]12. The van der Waals surface area contributed by atoms with E-state index in [2.05, 4.69) is 10.2 Å². The third kappa shape index (κ3) is 3.30. The number of likely N-dealkylation sites (tertiary alicyclic amines) is 1. The number of rotatable bonds is 6. The van der Waals surface area contributed by atoms with E-state index in [0.29, 0.717) is 5.25 Å². The Balaban J connectivity index is 1.45. The topological polar surface area (TPSA) is 93.1 Å². The van der Waals surface area contributed by atoms with E-state index in [9.17, 15) is 19.8 Å². The first kappa shape index (κ1) is 19.2. The molecule has 4 rings (SSSR count). The van der Waals surface area contributed by atoms with Gasteiger partial charge in [0.2, 0.25) is 5.91 Å². The van der Waals surface area contributed by atoms with Gasteiger partial charge in [0.05, 0.1) is 18.1 Å². The fraction of sp³-hybridized carbons (Fsp3) is 0.789. The molecule has 0 bridgehead atoms. The molecule has 4 heterocycles. The summed E-state index contributed by atoms with van der Waals surface area (Å²) in [6, 6.07) is -0.215. The van der Waals surface area contributed by atoms with Gasteiger partial charge in [-0.3, -0.25) is 4.79 Å². The fourth-order valence-corrected chi connectivity index (χ4v) is 6.67. The van der Waals surface area contributed by atoms with E-state index in [0.717, 1.165) is 50.0 Å². The minimum atomic E-state index is -1.03. The summed E-state index contributed by atoms with van der Waals surface area (Å²) in [5.41, 5.74) is 0.151. The van der Waals surface area contributed by atoms with Crippen molar-refractivity contribution in [2.24, 2.45) is 17.8 Å². The van der Waals surface area contributed by atoms with Gasteiger partial charge < -0.3 is 25.3 Å². The van der Waals surface area contributed by atoms with Crippen molar-refractivity contribution in [3.8, 4) is 0 Å². The normalized spacial score (nSPS) is 37.7. The van der Waals surface area contributed by atoms with Crippen molar-refractivity contribution < 1.29 is 19.8 Å². The third-order valence-corrected chi connectivity index (χ3v) is 8.05. The lowest BCUT2D eigenvalue weighted by molar-refractivity contribution is -0.163. The number of aliphatic hydroxyl groups is 1. The van der Waals surface area contributed by atoms with Gasteiger partial charge in [-0.2, -0.15) is 0 Å². The predicted molar refractivity (Wildman–Crippen MR) is 103 cm³/mol. The number of nitrogens with one attached hydrogen (secondary N) is 1. The van der Waals surface area contributed by atoms with Gasteiger partial charge in [0, 0.05) is 29.2 Å². The van der Waals surface area contributed by atoms with Crippen LogP contribution in [-0.2, 0) is 9.59 Å². The summed E-state index contributed by atoms with van der Waals surface area (Å²) in [6.45, 7) is 8.96. The highest BCUT2D eigenvalue weighted by Gasteiger charge is 2.60. The van der Waals surface area contributed by atoms with Gasteiger partial charge >= 0.3 is 5.97 Å². The van der Waals surface area contributed by atoms with Crippen LogP contribution in [0.25, 0.3) is 0 Å². The molecule has 3 fully saturated rings. The molecule has 7 nitrogen and oxygen atoms in total. The van der Waals surface area contributed by atoms with Crippen LogP contribution in [0, 0.1) is 17.8 Å². The molecule has 0 unspecified atom stereocenters. The molecule has 0 aromatic rings. The largest absolute Gasteiger partial charge is 0.477 e. The molecule has 6 atom stereocenters. The van der Waals surface area contributed by atoms with Crippen LogP contribution in [0.5, 0.6) is 0 Å². The lowest BCUT2D eigenvalue weighted by Gasteiger charge is -2.46. The lowest BCUT2D eigenvalue weighted by Crippen LogP contribution is -2.63. The number of aliphatic hydroxyl groups excluding tert-OH is 1. The summed E-state index contributed by atoms with van der Waals surface area (Å²) in [5, 5.41) is 23.5. The van der Waals surface area contributed by atoms with Crippen molar-refractivity contribution in [3.05, 3.63) is 10.6 Å². The maximum absolute atomic E-state index is 12.4. The standard InChI is InChI=1S/C19H29N3O4S/c1-10-15-14(11(2)23)18(24)22(15)16(19(25)26)17(10)27-13-4-6-21(9-13)8-12-3-5-20-7-12/h10-15,20,23H,3-9H2,1-2H3,(H,25,26)/t10-,11-,12+,13-,14-,15-/m1/s1. The molecule has 0 aliphatic carbocycles. The van der Waals surface area contributed by atoms with Gasteiger partial charge in [-0.25, -0.2) is 4.79 Å². The number of carbonyl (C=O) groups is 2. The average Bonchev–Trinajstić information content (AvgIpc) is 3.30. The number of thioether (sulfide) groups is 1. The van der Waals surface area contributed by atoms with E-state index < -0.39 is 18.0 Å². The van der Waals surface area contributed by atoms with Crippen LogP contribution in [0.3, 0.4) is 0 Å². The van der Waals surface area contributed by atoms with Crippen molar-refractivity contribution >= 4 is 23.6 Å². The second-order valence-electron chi connectivity index (χ2n) is 8.42. The maximum atomic E-state index is 12.4. The Kier molecular flexibility index (Phi) is 5.26. The van der Waals surface area contributed by atoms with Crippen LogP contribution in [0.1, 0.15) is 26.7 Å². The molecule has 0 aromatic heterocycles. The number of hydrogen-bond acceptors (Lipinski definition) is 6. The molecule has 3 N–H and O–H groups in total. The zero-order valence-corrected chi connectivity index (χ0v) is 16.7. The second-order valence-corrected chi connectivity index (χ2v) is 9.76. The molecule has 4 aliphatic rings. The number of hydrogen-bond donors (Lipinski definition) is 3. The van der Waals surface area contributed by atoms with Crippen molar-refractivity contribution in [2.45, 2.75) is 44.1 Å². The van der Waals surface area contributed by atoms with E-state index in [1.165, 1.54) is 11.3 Å². The predicted octanol–water partition coefficient (Wildman–Crippen LogP) is 0.557. The first-order valence-corrected chi connectivity index (χ1v) is 10.8. The van der Waals surface area contributed by atoms with E-state index in [1.807, 2.05) is 6.92 Å². The van der Waals surface area contributed by atoms with Gasteiger partial charge in [-0.05, 0) is 45.3 Å². The van der Waals surface area contributed by atoms with E-state index >= 15 is 0 Å². The number of amides is 1. The number of fused-ring (bicyclic) bond motifs is 1. The summed E-state index contributed by atoms with van der Waals surface area (Å²) in [7, 11) is 0. The Bertz CT molecular complexity index is 661. The molecular weight excluding hydrogens is 366 g/mol. The van der Waals surface area contributed by atoms with Gasteiger partial charge in [0.25, 0.3) is 0 Å². The molecule has 0 radical (unpaired) electrons. The molecule has 8 heteroatoms. The van der Waals surface area contributed by atoms with Gasteiger partial charge in [0.1, 0.15) is 5.70 Å². The molecular formula is C19H29N3O4S. The highest BCUT2D eigenvalue weighted by molar-refractivity contribution is 8.03. The monoisotopic (exact) mass is 395 g/mol. The number of carbonyl (C=O) groups excluding carboxylic acids is 1. The van der Waals surface area contributed by atoms with Crippen LogP contribution < -0.4 is 5.32 Å². The Morgan fingerprint density at radius 3 is 2.81 bits per heavy atom. The Morgan fingerprint density at radius 1 is 1.41 bits per heavy atom. The van der Waals surface area contributed by atoms with Gasteiger partial charge in [-0.1, -0.05) is 6.92 Å². The second kappa shape index (κ2) is 7.39. The van der Waals surface area contributed by atoms with Crippen molar-refractivity contribution in [1.29, 1.82) is 0 Å². The fourth-order valence-electron chi connectivity index (χ4n) is 5.15. The number of aliphatic carboxylic acids is 1. The van der Waals surface area contributed by atoms with Crippen LogP contribution >= 0.6 is 11.8 Å². The Morgan fingerprint density at radius 2 is 2.19 bits per heavy atom. The minimum Gasteiger partial charge on any atom is -0.477 e. The molecule has 4 aliphatic heterocycles. The average molecular weight is 396 g/mol. The molecule has 0 spiro atoms. The highest BCUT2D eigenvalue weighted by atomic mass is 32.2. The Labute approximate surface area is 164 Å². The van der Waals surface area contributed by atoms with Crippen LogP contribution in [0.15, 0.2) is 10.6 Å². The molecule has 0 aromatic carbocycles. The molecule has 1 amide bonds. The van der Waals surface area contributed by atoms with Gasteiger partial charge in [-0.15, -0.1) is 11.8 Å². The quantitative estimate of drug-likeness (QED) is 0.566. The summed E-state index contributed by atoms with van der Waals surface area (Å²) in [6.07, 6.45) is 1.54. The number of β-lactam (4-membered cyclic amide) rings is 1. The van der Waals surface area contributed by atoms with E-state index in [-0.39, 0.29) is 23.6 Å². The van der Waals surface area contributed by atoms with Crippen molar-refractivity contribution in [2.75, 3.05) is 32.7 Å². The maximum Gasteiger partial charge on any atom is 0.353 e. The first-order valence-electron chi connectivity index (χ1n) is 9.96. The number of carboxylic acid groups (broad SMARTS) is 1. The molecule has 27 heavy (non-hydrogen) atoms. The Hall–Kier alpha value is -1.09. The third-order valence-electron chi connectivity index (χ3n) is 6.51. The number of carboxylic acids is 1. The summed E-state index contributed by atoms with van der Waals surface area (Å²) < 4.78 is 0. The summed E-state index contributed by atoms with van der Waals surface area (Å²) in [5.74, 6) is -1.08. The summed E-state index contributed by atoms with van der Waals surface area (Å²) >= 11 is 1.65. The van der Waals surface area contributed by atoms with Crippen molar-refractivity contribution in [3.63, 3.8) is 0 Å². The van der Waals surface area contributed by atoms with Gasteiger partial charge in [0.15, 0.2) is 0 Å². The summed E-state index contributed by atoms with van der Waals surface area (Å²) in [4.78, 5) is 29.0. The smallest absolute Gasteiger partial charge is 0.353 e.